The van der Waals surface area contributed by atoms with Crippen molar-refractivity contribution in [1.82, 2.24) is 29.9 Å². The summed E-state index contributed by atoms with van der Waals surface area (Å²) in [5, 5.41) is 10.1. The van der Waals surface area contributed by atoms with Crippen LogP contribution in [0.5, 0.6) is 0 Å². The van der Waals surface area contributed by atoms with Gasteiger partial charge in [0.05, 0.1) is 0 Å². The normalized spacial score (nSPS) is 17.8. The van der Waals surface area contributed by atoms with Crippen molar-refractivity contribution in [1.29, 1.82) is 0 Å². The summed E-state index contributed by atoms with van der Waals surface area (Å²) in [4.78, 5) is 16.1. The Labute approximate surface area is 121 Å². The summed E-state index contributed by atoms with van der Waals surface area (Å²) in [6.45, 7) is 7.46. The lowest BCUT2D eigenvalue weighted by Gasteiger charge is -2.32. The molecule has 1 N–H and O–H groups in total. The van der Waals surface area contributed by atoms with Crippen LogP contribution in [-0.4, -0.2) is 63.6 Å². The third kappa shape index (κ3) is 2.30. The zero-order valence-electron chi connectivity index (χ0n) is 11.9. The number of aryl methyl sites for hydroxylation is 2. The maximum Gasteiger partial charge on any atom is 0.277 e. The number of carbonyl (C=O) groups is 1. The Morgan fingerprint density at radius 1 is 1.20 bits per heavy atom. The number of rotatable bonds is 2. The molecular weight excluding hydrogens is 276 g/mol. The van der Waals surface area contributed by atoms with Gasteiger partial charge >= 0.3 is 0 Å². The van der Waals surface area contributed by atoms with Gasteiger partial charge in [-0.2, -0.15) is 0 Å². The van der Waals surface area contributed by atoms with E-state index in [0.29, 0.717) is 4.88 Å². The van der Waals surface area contributed by atoms with E-state index in [4.69, 9.17) is 0 Å². The largest absolute Gasteiger partial charge is 0.304 e. The van der Waals surface area contributed by atoms with Gasteiger partial charge in [-0.1, -0.05) is 11.3 Å². The predicted octanol–water partition coefficient (Wildman–Crippen LogP) is 0.300. The molecule has 0 saturated carbocycles. The third-order valence-electron chi connectivity index (χ3n) is 3.62. The summed E-state index contributed by atoms with van der Waals surface area (Å²) in [6.07, 6.45) is 0. The molecule has 20 heavy (non-hydrogen) atoms. The predicted molar refractivity (Wildman–Crippen MR) is 76.9 cm³/mol. The van der Waals surface area contributed by atoms with Crippen LogP contribution < -0.4 is 5.43 Å². The summed E-state index contributed by atoms with van der Waals surface area (Å²) in [6, 6.07) is 0. The fourth-order valence-electron chi connectivity index (χ4n) is 2.39. The molecule has 1 aliphatic heterocycles. The van der Waals surface area contributed by atoms with E-state index in [1.165, 1.54) is 11.3 Å². The van der Waals surface area contributed by atoms with Crippen LogP contribution in [-0.2, 0) is 0 Å². The van der Waals surface area contributed by atoms with E-state index in [2.05, 4.69) is 27.6 Å². The van der Waals surface area contributed by atoms with Crippen molar-refractivity contribution in [2.45, 2.75) is 13.8 Å². The number of carbonyl (C=O) groups excluding carboxylic acids is 1. The number of likely N-dealkylation sites (N-methyl/N-ethyl adjacent to an activating group) is 1. The van der Waals surface area contributed by atoms with Gasteiger partial charge in [0, 0.05) is 31.9 Å². The highest BCUT2D eigenvalue weighted by atomic mass is 32.1. The Morgan fingerprint density at radius 2 is 1.90 bits per heavy atom. The number of nitrogens with zero attached hydrogens (tertiary/aromatic N) is 5. The maximum atomic E-state index is 12.4. The zero-order chi connectivity index (χ0) is 14.3. The quantitative estimate of drug-likeness (QED) is 0.863. The molecule has 0 unspecified atom stereocenters. The molecule has 1 aliphatic rings. The molecule has 8 heteroatoms. The molecule has 1 saturated heterocycles. The van der Waals surface area contributed by atoms with Crippen LogP contribution in [0.3, 0.4) is 0 Å². The molecule has 7 nitrogen and oxygen atoms in total. The Bertz CT molecular complexity index is 640. The molecule has 0 spiro atoms. The van der Waals surface area contributed by atoms with Gasteiger partial charge in [0.15, 0.2) is 0 Å². The summed E-state index contributed by atoms with van der Waals surface area (Å²) < 4.78 is 1.92. The lowest BCUT2D eigenvalue weighted by atomic mass is 10.3. The van der Waals surface area contributed by atoms with Crippen LogP contribution >= 0.6 is 11.3 Å². The molecule has 2 aromatic rings. The maximum absolute atomic E-state index is 12.4. The van der Waals surface area contributed by atoms with Gasteiger partial charge in [0.25, 0.3) is 5.91 Å². The summed E-state index contributed by atoms with van der Waals surface area (Å²) >= 11 is 1.38. The number of hydrazine groups is 1. The van der Waals surface area contributed by atoms with Crippen LogP contribution in [0.2, 0.25) is 0 Å². The second-order valence-electron chi connectivity index (χ2n) is 5.11. The molecule has 1 amide bonds. The van der Waals surface area contributed by atoms with Crippen molar-refractivity contribution >= 4 is 22.2 Å². The Hall–Kier alpha value is -1.51. The Kier molecular flexibility index (Phi) is 3.45. The number of hydrogen-bond acceptors (Lipinski definition) is 6. The fourth-order valence-corrected chi connectivity index (χ4v) is 3.39. The van der Waals surface area contributed by atoms with Crippen molar-refractivity contribution < 1.29 is 4.79 Å². The summed E-state index contributed by atoms with van der Waals surface area (Å²) in [5.41, 5.74) is 3.89. The van der Waals surface area contributed by atoms with Crippen LogP contribution in [0.25, 0.3) is 4.96 Å². The molecule has 0 bridgehead atoms. The van der Waals surface area contributed by atoms with Crippen LogP contribution in [0.4, 0.5) is 0 Å². The first kappa shape index (κ1) is 13.5. The van der Waals surface area contributed by atoms with Crippen LogP contribution in [0.15, 0.2) is 0 Å². The third-order valence-corrected chi connectivity index (χ3v) is 4.75. The van der Waals surface area contributed by atoms with Gasteiger partial charge in [-0.15, -0.1) is 10.2 Å². The lowest BCUT2D eigenvalue weighted by Crippen LogP contribution is -2.52. The number of thiazole rings is 1. The standard InChI is InChI=1S/C12H18N6OS/c1-8-10(20-12-14-13-9(2)18(8)12)11(19)15-17-6-4-16(3)5-7-17/h4-7H2,1-3H3,(H,15,19). The van der Waals surface area contributed by atoms with Crippen LogP contribution in [0.1, 0.15) is 21.2 Å². The van der Waals surface area contributed by atoms with E-state index >= 15 is 0 Å². The minimum Gasteiger partial charge on any atom is -0.304 e. The van der Waals surface area contributed by atoms with E-state index in [1.54, 1.807) is 0 Å². The van der Waals surface area contributed by atoms with Gasteiger partial charge in [-0.05, 0) is 20.9 Å². The van der Waals surface area contributed by atoms with E-state index in [-0.39, 0.29) is 5.91 Å². The van der Waals surface area contributed by atoms with Crippen molar-refractivity contribution in [2.24, 2.45) is 0 Å². The minimum atomic E-state index is -0.0537. The topological polar surface area (TPSA) is 65.8 Å². The Balaban J connectivity index is 1.77. The number of hydrogen-bond donors (Lipinski definition) is 1. The second kappa shape index (κ2) is 5.12. The first-order valence-electron chi connectivity index (χ1n) is 6.62. The highest BCUT2D eigenvalue weighted by molar-refractivity contribution is 7.19. The van der Waals surface area contributed by atoms with Crippen molar-refractivity contribution in [2.75, 3.05) is 33.2 Å². The molecule has 1 fully saturated rings. The van der Waals surface area contributed by atoms with E-state index in [0.717, 1.165) is 42.7 Å². The highest BCUT2D eigenvalue weighted by Crippen LogP contribution is 2.22. The molecule has 2 aromatic heterocycles. The number of piperazine rings is 1. The average molecular weight is 294 g/mol. The molecule has 0 atom stereocenters. The zero-order valence-corrected chi connectivity index (χ0v) is 12.7. The SMILES string of the molecule is Cc1nnc2sc(C(=O)NN3CCN(C)CC3)c(C)n12. The Morgan fingerprint density at radius 3 is 2.55 bits per heavy atom. The average Bonchev–Trinajstić information content (AvgIpc) is 2.94. The number of amides is 1. The van der Waals surface area contributed by atoms with E-state index < -0.39 is 0 Å². The number of nitrogens with one attached hydrogen (secondary N) is 1. The monoisotopic (exact) mass is 294 g/mol. The molecular formula is C12H18N6OS. The molecule has 0 aliphatic carbocycles. The van der Waals surface area contributed by atoms with Gasteiger partial charge < -0.3 is 4.90 Å². The summed E-state index contributed by atoms with van der Waals surface area (Å²) in [5.74, 6) is 0.759. The highest BCUT2D eigenvalue weighted by Gasteiger charge is 2.21. The molecule has 108 valence electrons. The van der Waals surface area contributed by atoms with Crippen molar-refractivity contribution in [3.05, 3.63) is 16.4 Å². The number of aromatic nitrogens is 3. The van der Waals surface area contributed by atoms with Gasteiger partial charge in [0.1, 0.15) is 10.7 Å². The molecule has 3 heterocycles. The van der Waals surface area contributed by atoms with Crippen molar-refractivity contribution in [3.8, 4) is 0 Å². The smallest absolute Gasteiger partial charge is 0.277 e. The first-order chi connectivity index (χ1) is 9.56. The van der Waals surface area contributed by atoms with Gasteiger partial charge in [-0.25, -0.2) is 5.01 Å². The molecule has 0 radical (unpaired) electrons. The fraction of sp³-hybridized carbons (Fsp3) is 0.583. The first-order valence-corrected chi connectivity index (χ1v) is 7.43. The summed E-state index contributed by atoms with van der Waals surface area (Å²) in [7, 11) is 2.09. The second-order valence-corrected chi connectivity index (χ2v) is 6.09. The number of fused-ring (bicyclic) bond motifs is 1. The van der Waals surface area contributed by atoms with Crippen LogP contribution in [0, 0.1) is 13.8 Å². The molecule has 0 aromatic carbocycles. The minimum absolute atomic E-state index is 0.0537. The van der Waals surface area contributed by atoms with E-state index in [9.17, 15) is 4.79 Å². The lowest BCUT2D eigenvalue weighted by molar-refractivity contribution is 0.0665. The van der Waals surface area contributed by atoms with Crippen molar-refractivity contribution in [3.63, 3.8) is 0 Å². The van der Waals surface area contributed by atoms with Gasteiger partial charge in [-0.3, -0.25) is 14.6 Å². The van der Waals surface area contributed by atoms with E-state index in [1.807, 2.05) is 23.3 Å². The van der Waals surface area contributed by atoms with Gasteiger partial charge in [0.2, 0.25) is 4.96 Å². The molecule has 3 rings (SSSR count).